The summed E-state index contributed by atoms with van der Waals surface area (Å²) >= 11 is 0. The van der Waals surface area contributed by atoms with Gasteiger partial charge in [-0.3, -0.25) is 0 Å². The van der Waals surface area contributed by atoms with Crippen LogP contribution >= 0.6 is 0 Å². The summed E-state index contributed by atoms with van der Waals surface area (Å²) in [5.41, 5.74) is 8.28. The summed E-state index contributed by atoms with van der Waals surface area (Å²) in [7, 11) is 2.04. The van der Waals surface area contributed by atoms with Gasteiger partial charge in [0.2, 0.25) is 11.4 Å². The first kappa shape index (κ1) is 17.0. The fraction of sp³-hybridized carbons (Fsp3) is 0.280. The predicted molar refractivity (Wildman–Crippen MR) is 115 cm³/mol. The van der Waals surface area contributed by atoms with Gasteiger partial charge in [0, 0.05) is 31.2 Å². The van der Waals surface area contributed by atoms with Crippen molar-refractivity contribution in [2.75, 3.05) is 0 Å². The van der Waals surface area contributed by atoms with E-state index in [0.717, 1.165) is 50.0 Å². The number of rotatable bonds is 2. The molecule has 0 bridgehead atoms. The Labute approximate surface area is 167 Å². The Morgan fingerprint density at radius 3 is 2.43 bits per heavy atom. The smallest absolute Gasteiger partial charge is 0.229 e. The van der Waals surface area contributed by atoms with E-state index in [1.54, 1.807) is 0 Å². The highest BCUT2D eigenvalue weighted by molar-refractivity contribution is 6.14. The third-order valence-electron chi connectivity index (χ3n) is 5.69. The fourth-order valence-electron chi connectivity index (χ4n) is 3.93. The van der Waals surface area contributed by atoms with Gasteiger partial charge in [0.15, 0.2) is 5.69 Å². The lowest BCUT2D eigenvalue weighted by Crippen LogP contribution is -2.35. The van der Waals surface area contributed by atoms with Crippen molar-refractivity contribution in [3.63, 3.8) is 0 Å². The molecule has 0 fully saturated rings. The number of aryl methyl sites for hydroxylation is 3. The molecule has 2 aromatic carbocycles. The lowest BCUT2D eigenvalue weighted by Gasteiger charge is -2.11. The SMILES string of the molecule is [2H]C(C)(C)c1cc(C)[n+](C)c(-c2c(C)ccc3c2oc2c([N+]#[C-])ccc(C)c23)c1. The second kappa shape index (κ2) is 6.49. The fourth-order valence-corrected chi connectivity index (χ4v) is 3.93. The highest BCUT2D eigenvalue weighted by atomic mass is 16.3. The van der Waals surface area contributed by atoms with Crippen LogP contribution in [0.3, 0.4) is 0 Å². The summed E-state index contributed by atoms with van der Waals surface area (Å²) in [6.45, 7) is 17.5. The lowest BCUT2D eigenvalue weighted by molar-refractivity contribution is -0.666. The zero-order valence-corrected chi connectivity index (χ0v) is 17.3. The van der Waals surface area contributed by atoms with Crippen molar-refractivity contribution >= 4 is 27.6 Å². The summed E-state index contributed by atoms with van der Waals surface area (Å²) in [6.07, 6.45) is 0. The van der Waals surface area contributed by atoms with Gasteiger partial charge in [-0.25, -0.2) is 4.85 Å². The van der Waals surface area contributed by atoms with Crippen molar-refractivity contribution < 1.29 is 10.4 Å². The van der Waals surface area contributed by atoms with Crippen molar-refractivity contribution in [3.8, 4) is 11.3 Å². The molecular formula is C25H25N2O+. The van der Waals surface area contributed by atoms with Crippen LogP contribution in [0.1, 0.15) is 43.5 Å². The third-order valence-corrected chi connectivity index (χ3v) is 5.69. The standard InChI is InChI=1S/C25H25N2O/c1-14(2)18-12-17(5)27(7)21(13-18)23-16(4)8-10-19-22-15(3)9-11-20(26-6)25(22)28-24(19)23/h8-14H,1-5,7H3/q+1/i14D. The van der Waals surface area contributed by atoms with Crippen LogP contribution in [-0.2, 0) is 7.05 Å². The van der Waals surface area contributed by atoms with Gasteiger partial charge in [0.1, 0.15) is 18.2 Å². The van der Waals surface area contributed by atoms with Crippen molar-refractivity contribution in [2.45, 2.75) is 40.5 Å². The lowest BCUT2D eigenvalue weighted by atomic mass is 9.95. The van der Waals surface area contributed by atoms with Crippen LogP contribution < -0.4 is 4.57 Å². The third kappa shape index (κ3) is 2.60. The first-order valence-electron chi connectivity index (χ1n) is 9.98. The molecule has 0 aliphatic heterocycles. The molecule has 0 radical (unpaired) electrons. The number of benzene rings is 2. The molecule has 0 aliphatic carbocycles. The number of fused-ring (bicyclic) bond motifs is 3. The highest BCUT2D eigenvalue weighted by Gasteiger charge is 2.24. The van der Waals surface area contributed by atoms with E-state index in [9.17, 15) is 0 Å². The van der Waals surface area contributed by atoms with Gasteiger partial charge in [0.25, 0.3) is 0 Å². The molecule has 0 saturated heterocycles. The molecule has 0 amide bonds. The summed E-state index contributed by atoms with van der Waals surface area (Å²) in [5.74, 6) is -0.697. The highest BCUT2D eigenvalue weighted by Crippen LogP contribution is 2.41. The van der Waals surface area contributed by atoms with Crippen LogP contribution in [0.5, 0.6) is 0 Å². The minimum Gasteiger partial charge on any atom is -0.466 e. The van der Waals surface area contributed by atoms with Crippen molar-refractivity contribution in [1.29, 1.82) is 0 Å². The van der Waals surface area contributed by atoms with E-state index in [1.165, 1.54) is 0 Å². The van der Waals surface area contributed by atoms with Gasteiger partial charge in [0.05, 0.1) is 12.1 Å². The molecule has 0 atom stereocenters. The van der Waals surface area contributed by atoms with Gasteiger partial charge < -0.3 is 4.42 Å². The number of furan rings is 1. The summed E-state index contributed by atoms with van der Waals surface area (Å²) in [4.78, 5) is 3.66. The van der Waals surface area contributed by atoms with E-state index in [1.807, 2.05) is 33.0 Å². The molecule has 28 heavy (non-hydrogen) atoms. The summed E-state index contributed by atoms with van der Waals surface area (Å²) in [5, 5.41) is 2.03. The molecule has 2 aromatic heterocycles. The zero-order valence-electron chi connectivity index (χ0n) is 18.3. The summed E-state index contributed by atoms with van der Waals surface area (Å²) < 4.78 is 17.0. The maximum Gasteiger partial charge on any atom is 0.229 e. The van der Waals surface area contributed by atoms with Gasteiger partial charge in [-0.15, -0.1) is 0 Å². The Morgan fingerprint density at radius 2 is 1.75 bits per heavy atom. The number of hydrogen-bond donors (Lipinski definition) is 0. The van der Waals surface area contributed by atoms with Crippen molar-refractivity contribution in [2.24, 2.45) is 7.05 Å². The van der Waals surface area contributed by atoms with Gasteiger partial charge in [-0.2, -0.15) is 4.57 Å². The molecule has 3 heteroatoms. The van der Waals surface area contributed by atoms with Gasteiger partial charge in [-0.05, 0) is 36.4 Å². The van der Waals surface area contributed by atoms with E-state index in [4.69, 9.17) is 12.4 Å². The van der Waals surface area contributed by atoms with E-state index in [-0.39, 0.29) is 0 Å². The van der Waals surface area contributed by atoms with Gasteiger partial charge in [-0.1, -0.05) is 38.1 Å². The van der Waals surface area contributed by atoms with E-state index < -0.39 is 5.89 Å². The molecule has 0 N–H and O–H groups in total. The van der Waals surface area contributed by atoms with E-state index >= 15 is 0 Å². The van der Waals surface area contributed by atoms with Crippen LogP contribution in [0, 0.1) is 27.3 Å². The molecule has 4 rings (SSSR count). The predicted octanol–water partition coefficient (Wildman–Crippen LogP) is 6.68. The molecule has 0 unspecified atom stereocenters. The van der Waals surface area contributed by atoms with Crippen LogP contribution in [-0.4, -0.2) is 0 Å². The Hall–Kier alpha value is -3.12. The minimum absolute atomic E-state index is 0.534. The van der Waals surface area contributed by atoms with Crippen LogP contribution in [0.2, 0.25) is 0 Å². The average Bonchev–Trinajstić information content (AvgIpc) is 3.04. The van der Waals surface area contributed by atoms with E-state index in [0.29, 0.717) is 11.3 Å². The normalized spacial score (nSPS) is 12.4. The number of aromatic nitrogens is 1. The largest absolute Gasteiger partial charge is 0.466 e. The maximum atomic E-state index is 8.52. The first-order valence-corrected chi connectivity index (χ1v) is 9.48. The monoisotopic (exact) mass is 370 g/mol. The van der Waals surface area contributed by atoms with Crippen LogP contribution in [0.15, 0.2) is 40.8 Å². The first-order chi connectivity index (χ1) is 13.6. The molecule has 2 heterocycles. The minimum atomic E-state index is -0.697. The Bertz CT molecular complexity index is 1330. The Morgan fingerprint density at radius 1 is 1.04 bits per heavy atom. The topological polar surface area (TPSA) is 21.4 Å². The average molecular weight is 370 g/mol. The molecule has 3 nitrogen and oxygen atoms in total. The molecular weight excluding hydrogens is 344 g/mol. The molecule has 0 spiro atoms. The Balaban J connectivity index is 2.17. The molecule has 140 valence electrons. The van der Waals surface area contributed by atoms with Gasteiger partial charge >= 0.3 is 0 Å². The quantitative estimate of drug-likeness (QED) is 0.285. The van der Waals surface area contributed by atoms with Crippen LogP contribution in [0.4, 0.5) is 5.69 Å². The van der Waals surface area contributed by atoms with Crippen LogP contribution in [0.25, 0.3) is 38.0 Å². The second-order valence-corrected chi connectivity index (χ2v) is 7.78. The Kier molecular flexibility index (Phi) is 3.94. The van der Waals surface area contributed by atoms with Crippen molar-refractivity contribution in [3.05, 3.63) is 70.2 Å². The number of pyridine rings is 1. The van der Waals surface area contributed by atoms with E-state index in [2.05, 4.69) is 54.4 Å². The second-order valence-electron chi connectivity index (χ2n) is 7.78. The summed E-state index contributed by atoms with van der Waals surface area (Å²) in [6, 6.07) is 12.2. The zero-order chi connectivity index (χ0) is 21.1. The molecule has 0 aliphatic rings. The van der Waals surface area contributed by atoms with Crippen molar-refractivity contribution in [1.82, 2.24) is 0 Å². The molecule has 0 saturated carbocycles. The number of nitrogens with zero attached hydrogens (tertiary/aromatic N) is 2. The molecule has 4 aromatic rings. The maximum absolute atomic E-state index is 8.52. The number of hydrogen-bond acceptors (Lipinski definition) is 1.